The molecule has 1 rings (SSSR count). The molecule has 108 valence electrons. The Bertz CT molecular complexity index is 400. The van der Waals surface area contributed by atoms with Crippen molar-refractivity contribution in [3.63, 3.8) is 0 Å². The Morgan fingerprint density at radius 3 is 2.32 bits per heavy atom. The fourth-order valence-electron chi connectivity index (χ4n) is 2.15. The van der Waals surface area contributed by atoms with Crippen molar-refractivity contribution in [2.24, 2.45) is 17.1 Å². The molecule has 0 aliphatic heterocycles. The standard InChI is InChI=1S/C16H26ClNO/c1-11(16(2,3)4)9-15(19)13(10-18)12-7-5-6-8-14(12)17/h5-8,11,13,15,19H,9-10,18H2,1-4H3. The van der Waals surface area contributed by atoms with Crippen LogP contribution in [0.15, 0.2) is 24.3 Å². The summed E-state index contributed by atoms with van der Waals surface area (Å²) in [6.07, 6.45) is 0.274. The molecule has 19 heavy (non-hydrogen) atoms. The first-order chi connectivity index (χ1) is 8.77. The second kappa shape index (κ2) is 6.74. The lowest BCUT2D eigenvalue weighted by Crippen LogP contribution is -2.31. The number of aliphatic hydroxyl groups is 1. The second-order valence-electron chi connectivity index (χ2n) is 6.43. The van der Waals surface area contributed by atoms with Gasteiger partial charge in [0.25, 0.3) is 0 Å². The molecule has 0 saturated carbocycles. The van der Waals surface area contributed by atoms with E-state index >= 15 is 0 Å². The minimum absolute atomic E-state index is 0.0986. The van der Waals surface area contributed by atoms with Gasteiger partial charge in [0, 0.05) is 17.5 Å². The Kier molecular flexibility index (Phi) is 5.84. The van der Waals surface area contributed by atoms with E-state index in [1.54, 1.807) is 0 Å². The van der Waals surface area contributed by atoms with Crippen LogP contribution in [-0.2, 0) is 0 Å². The van der Waals surface area contributed by atoms with Crippen LogP contribution in [0.25, 0.3) is 0 Å². The van der Waals surface area contributed by atoms with Crippen LogP contribution >= 0.6 is 11.6 Å². The number of rotatable bonds is 5. The first kappa shape index (κ1) is 16.5. The van der Waals surface area contributed by atoms with Gasteiger partial charge in [0.15, 0.2) is 0 Å². The third kappa shape index (κ3) is 4.48. The molecule has 0 saturated heterocycles. The highest BCUT2D eigenvalue weighted by molar-refractivity contribution is 6.31. The van der Waals surface area contributed by atoms with Gasteiger partial charge in [-0.3, -0.25) is 0 Å². The fraction of sp³-hybridized carbons (Fsp3) is 0.625. The predicted octanol–water partition coefficient (Wildman–Crippen LogP) is 3.82. The zero-order valence-corrected chi connectivity index (χ0v) is 13.1. The van der Waals surface area contributed by atoms with Gasteiger partial charge in [-0.15, -0.1) is 0 Å². The number of nitrogens with two attached hydrogens (primary N) is 1. The Labute approximate surface area is 122 Å². The van der Waals surface area contributed by atoms with Gasteiger partial charge in [-0.05, 0) is 29.4 Å². The quantitative estimate of drug-likeness (QED) is 0.863. The maximum absolute atomic E-state index is 10.5. The fourth-order valence-corrected chi connectivity index (χ4v) is 2.42. The van der Waals surface area contributed by atoms with Gasteiger partial charge in [-0.25, -0.2) is 0 Å². The first-order valence-electron chi connectivity index (χ1n) is 6.90. The molecule has 0 radical (unpaired) electrons. The zero-order chi connectivity index (χ0) is 14.6. The van der Waals surface area contributed by atoms with Gasteiger partial charge in [0.1, 0.15) is 0 Å². The highest BCUT2D eigenvalue weighted by Gasteiger charge is 2.28. The van der Waals surface area contributed by atoms with E-state index in [0.717, 1.165) is 12.0 Å². The van der Waals surface area contributed by atoms with Crippen LogP contribution in [0.1, 0.15) is 45.6 Å². The van der Waals surface area contributed by atoms with Crippen molar-refractivity contribution in [1.29, 1.82) is 0 Å². The van der Waals surface area contributed by atoms with E-state index in [1.807, 2.05) is 24.3 Å². The molecule has 0 aromatic heterocycles. The van der Waals surface area contributed by atoms with E-state index in [2.05, 4.69) is 27.7 Å². The number of hydrogen-bond acceptors (Lipinski definition) is 2. The molecule has 0 amide bonds. The molecule has 1 aromatic rings. The largest absolute Gasteiger partial charge is 0.392 e. The molecule has 0 aliphatic rings. The number of benzene rings is 1. The van der Waals surface area contributed by atoms with Crippen molar-refractivity contribution in [2.45, 2.75) is 46.1 Å². The molecule has 3 atom stereocenters. The van der Waals surface area contributed by atoms with E-state index < -0.39 is 6.10 Å². The molecular weight excluding hydrogens is 258 g/mol. The SMILES string of the molecule is CC(CC(O)C(CN)c1ccccc1Cl)C(C)(C)C. The Hall–Kier alpha value is -0.570. The van der Waals surface area contributed by atoms with Crippen molar-refractivity contribution < 1.29 is 5.11 Å². The average Bonchev–Trinajstić information content (AvgIpc) is 2.31. The number of aliphatic hydroxyl groups excluding tert-OH is 1. The van der Waals surface area contributed by atoms with Gasteiger partial charge < -0.3 is 10.8 Å². The van der Waals surface area contributed by atoms with Crippen molar-refractivity contribution in [3.05, 3.63) is 34.9 Å². The molecule has 0 bridgehead atoms. The van der Waals surface area contributed by atoms with E-state index in [1.165, 1.54) is 0 Å². The van der Waals surface area contributed by atoms with Crippen LogP contribution in [0, 0.1) is 11.3 Å². The van der Waals surface area contributed by atoms with E-state index in [9.17, 15) is 5.11 Å². The Balaban J connectivity index is 2.84. The topological polar surface area (TPSA) is 46.2 Å². The highest BCUT2D eigenvalue weighted by Crippen LogP contribution is 2.34. The third-order valence-electron chi connectivity index (χ3n) is 4.10. The molecular formula is C16H26ClNO. The lowest BCUT2D eigenvalue weighted by Gasteiger charge is -2.32. The Morgan fingerprint density at radius 2 is 1.84 bits per heavy atom. The number of halogens is 1. The van der Waals surface area contributed by atoms with E-state index in [0.29, 0.717) is 17.5 Å². The smallest absolute Gasteiger partial charge is 0.0624 e. The Morgan fingerprint density at radius 1 is 1.26 bits per heavy atom. The molecule has 0 aliphatic carbocycles. The summed E-state index contributed by atoms with van der Waals surface area (Å²) >= 11 is 6.20. The molecule has 2 nitrogen and oxygen atoms in total. The van der Waals surface area contributed by atoms with Crippen LogP contribution in [0.2, 0.25) is 5.02 Å². The van der Waals surface area contributed by atoms with Gasteiger partial charge in [-0.1, -0.05) is 57.5 Å². The molecule has 0 heterocycles. The lowest BCUT2D eigenvalue weighted by atomic mass is 9.76. The monoisotopic (exact) mass is 283 g/mol. The van der Waals surface area contributed by atoms with Crippen molar-refractivity contribution in [1.82, 2.24) is 0 Å². The highest BCUT2D eigenvalue weighted by atomic mass is 35.5. The second-order valence-corrected chi connectivity index (χ2v) is 6.84. The summed E-state index contributed by atoms with van der Waals surface area (Å²) in [5.41, 5.74) is 6.97. The minimum atomic E-state index is -0.459. The zero-order valence-electron chi connectivity index (χ0n) is 12.4. The summed E-state index contributed by atoms with van der Waals surface area (Å²) in [7, 11) is 0. The molecule has 0 spiro atoms. The molecule has 0 fully saturated rings. The van der Waals surface area contributed by atoms with Crippen molar-refractivity contribution >= 4 is 11.6 Å². The molecule has 3 heteroatoms. The van der Waals surface area contributed by atoms with Crippen LogP contribution in [0.5, 0.6) is 0 Å². The summed E-state index contributed by atoms with van der Waals surface area (Å²) in [5, 5.41) is 11.2. The third-order valence-corrected chi connectivity index (χ3v) is 4.44. The summed E-state index contributed by atoms with van der Waals surface area (Å²) in [6.45, 7) is 9.15. The maximum atomic E-state index is 10.5. The predicted molar refractivity (Wildman–Crippen MR) is 82.5 cm³/mol. The van der Waals surface area contributed by atoms with Crippen LogP contribution in [-0.4, -0.2) is 17.8 Å². The molecule has 3 N–H and O–H groups in total. The van der Waals surface area contributed by atoms with Crippen molar-refractivity contribution in [3.8, 4) is 0 Å². The van der Waals surface area contributed by atoms with E-state index in [4.69, 9.17) is 17.3 Å². The summed E-state index contributed by atoms with van der Waals surface area (Å²) in [6, 6.07) is 7.62. The average molecular weight is 284 g/mol. The lowest BCUT2D eigenvalue weighted by molar-refractivity contribution is 0.0895. The summed E-state index contributed by atoms with van der Waals surface area (Å²) in [4.78, 5) is 0. The maximum Gasteiger partial charge on any atom is 0.0624 e. The van der Waals surface area contributed by atoms with Gasteiger partial charge >= 0.3 is 0 Å². The van der Waals surface area contributed by atoms with Crippen LogP contribution in [0.3, 0.4) is 0 Å². The van der Waals surface area contributed by atoms with Gasteiger partial charge in [0.05, 0.1) is 6.10 Å². The van der Waals surface area contributed by atoms with Gasteiger partial charge in [-0.2, -0.15) is 0 Å². The number of hydrogen-bond donors (Lipinski definition) is 2. The van der Waals surface area contributed by atoms with Gasteiger partial charge in [0.2, 0.25) is 0 Å². The van der Waals surface area contributed by atoms with Crippen LogP contribution < -0.4 is 5.73 Å². The molecule has 1 aromatic carbocycles. The minimum Gasteiger partial charge on any atom is -0.392 e. The first-order valence-corrected chi connectivity index (χ1v) is 7.27. The van der Waals surface area contributed by atoms with Crippen LogP contribution in [0.4, 0.5) is 0 Å². The summed E-state index contributed by atoms with van der Waals surface area (Å²) < 4.78 is 0. The van der Waals surface area contributed by atoms with E-state index in [-0.39, 0.29) is 11.3 Å². The summed E-state index contributed by atoms with van der Waals surface area (Å²) in [5.74, 6) is 0.317. The van der Waals surface area contributed by atoms with Crippen molar-refractivity contribution in [2.75, 3.05) is 6.54 Å². The molecule has 3 unspecified atom stereocenters. The normalized spacial score (nSPS) is 17.0.